The summed E-state index contributed by atoms with van der Waals surface area (Å²) in [6.45, 7) is 6.31. The highest BCUT2D eigenvalue weighted by molar-refractivity contribution is 5.82. The Morgan fingerprint density at radius 3 is 2.95 bits per heavy atom. The lowest BCUT2D eigenvalue weighted by atomic mass is 10.2. The SMILES string of the molecule is C=CC(=O)OC(COCC)COc1ccc2cnccc2c1. The molecule has 0 radical (unpaired) electrons. The minimum Gasteiger partial charge on any atom is -0.490 e. The third-order valence-electron chi connectivity index (χ3n) is 3.01. The van der Waals surface area contributed by atoms with Crippen molar-refractivity contribution in [2.24, 2.45) is 0 Å². The van der Waals surface area contributed by atoms with Crippen molar-refractivity contribution in [2.75, 3.05) is 19.8 Å². The zero-order chi connectivity index (χ0) is 15.8. The van der Waals surface area contributed by atoms with Gasteiger partial charge in [-0.3, -0.25) is 4.98 Å². The van der Waals surface area contributed by atoms with Gasteiger partial charge in [0.25, 0.3) is 0 Å². The summed E-state index contributed by atoms with van der Waals surface area (Å²) in [7, 11) is 0. The van der Waals surface area contributed by atoms with Gasteiger partial charge in [-0.15, -0.1) is 0 Å². The number of hydrogen-bond acceptors (Lipinski definition) is 5. The summed E-state index contributed by atoms with van der Waals surface area (Å²) in [6.07, 6.45) is 4.18. The van der Waals surface area contributed by atoms with Gasteiger partial charge in [0.15, 0.2) is 6.10 Å². The van der Waals surface area contributed by atoms with Gasteiger partial charge < -0.3 is 14.2 Å². The summed E-state index contributed by atoms with van der Waals surface area (Å²) in [6, 6.07) is 7.63. The second-order valence-corrected chi connectivity index (χ2v) is 4.62. The van der Waals surface area contributed by atoms with Crippen molar-refractivity contribution >= 4 is 16.7 Å². The van der Waals surface area contributed by atoms with Crippen molar-refractivity contribution in [1.82, 2.24) is 4.98 Å². The van der Waals surface area contributed by atoms with Crippen LogP contribution < -0.4 is 4.74 Å². The molecule has 1 aromatic heterocycles. The van der Waals surface area contributed by atoms with Crippen molar-refractivity contribution in [3.8, 4) is 5.75 Å². The molecule has 0 amide bonds. The van der Waals surface area contributed by atoms with E-state index >= 15 is 0 Å². The number of fused-ring (bicyclic) bond motifs is 1. The summed E-state index contributed by atoms with van der Waals surface area (Å²) in [5.41, 5.74) is 0. The van der Waals surface area contributed by atoms with Crippen LogP contribution in [-0.2, 0) is 14.3 Å². The van der Waals surface area contributed by atoms with Gasteiger partial charge in [-0.2, -0.15) is 0 Å². The Morgan fingerprint density at radius 1 is 1.32 bits per heavy atom. The summed E-state index contributed by atoms with van der Waals surface area (Å²) in [4.78, 5) is 15.4. The zero-order valence-electron chi connectivity index (χ0n) is 12.5. The fourth-order valence-electron chi connectivity index (χ4n) is 1.92. The van der Waals surface area contributed by atoms with Gasteiger partial charge in [0.1, 0.15) is 12.4 Å². The Kier molecular flexibility index (Phi) is 5.91. The van der Waals surface area contributed by atoms with Gasteiger partial charge in [-0.25, -0.2) is 4.79 Å². The van der Waals surface area contributed by atoms with E-state index in [4.69, 9.17) is 14.2 Å². The zero-order valence-corrected chi connectivity index (χ0v) is 12.5. The molecule has 1 heterocycles. The van der Waals surface area contributed by atoms with Crippen LogP contribution in [0, 0.1) is 0 Å². The summed E-state index contributed by atoms with van der Waals surface area (Å²) < 4.78 is 16.2. The summed E-state index contributed by atoms with van der Waals surface area (Å²) >= 11 is 0. The largest absolute Gasteiger partial charge is 0.490 e. The van der Waals surface area contributed by atoms with E-state index in [0.29, 0.717) is 12.4 Å². The molecule has 2 aromatic rings. The molecule has 0 aliphatic heterocycles. The molecular formula is C17H19NO4. The topological polar surface area (TPSA) is 57.7 Å². The first-order chi connectivity index (χ1) is 10.7. The Labute approximate surface area is 129 Å². The maximum Gasteiger partial charge on any atom is 0.330 e. The minimum atomic E-state index is -0.488. The second-order valence-electron chi connectivity index (χ2n) is 4.62. The van der Waals surface area contributed by atoms with Gasteiger partial charge in [0.2, 0.25) is 0 Å². The monoisotopic (exact) mass is 301 g/mol. The smallest absolute Gasteiger partial charge is 0.330 e. The Bertz CT molecular complexity index is 641. The number of benzene rings is 1. The molecule has 22 heavy (non-hydrogen) atoms. The summed E-state index contributed by atoms with van der Waals surface area (Å²) in [5, 5.41) is 2.08. The van der Waals surface area contributed by atoms with Crippen molar-refractivity contribution in [3.05, 3.63) is 49.3 Å². The van der Waals surface area contributed by atoms with Crippen molar-refractivity contribution in [3.63, 3.8) is 0 Å². The molecule has 2 rings (SSSR count). The first-order valence-electron chi connectivity index (χ1n) is 7.10. The number of hydrogen-bond donors (Lipinski definition) is 0. The van der Waals surface area contributed by atoms with Crippen LogP contribution in [0.4, 0.5) is 0 Å². The van der Waals surface area contributed by atoms with E-state index in [1.54, 1.807) is 12.4 Å². The third-order valence-corrected chi connectivity index (χ3v) is 3.01. The maximum absolute atomic E-state index is 11.3. The molecule has 0 saturated heterocycles. The molecule has 0 bridgehead atoms. The molecule has 0 fully saturated rings. The standard InChI is InChI=1S/C17H19NO4/c1-3-17(19)22-16(11-20-4-2)12-21-15-6-5-14-10-18-8-7-13(14)9-15/h3,5-10,16H,1,4,11-12H2,2H3. The number of aromatic nitrogens is 1. The molecule has 1 aromatic carbocycles. The van der Waals surface area contributed by atoms with E-state index in [1.807, 2.05) is 31.2 Å². The molecule has 116 valence electrons. The van der Waals surface area contributed by atoms with Crippen molar-refractivity contribution in [1.29, 1.82) is 0 Å². The number of pyridine rings is 1. The fourth-order valence-corrected chi connectivity index (χ4v) is 1.92. The Hall–Kier alpha value is -2.40. The molecule has 0 N–H and O–H groups in total. The van der Waals surface area contributed by atoms with E-state index < -0.39 is 12.1 Å². The van der Waals surface area contributed by atoms with E-state index in [-0.39, 0.29) is 13.2 Å². The van der Waals surface area contributed by atoms with E-state index in [1.165, 1.54) is 0 Å². The number of esters is 1. The van der Waals surface area contributed by atoms with Crippen LogP contribution >= 0.6 is 0 Å². The molecule has 5 heteroatoms. The van der Waals surface area contributed by atoms with Gasteiger partial charge in [0.05, 0.1) is 6.61 Å². The van der Waals surface area contributed by atoms with Crippen LogP contribution in [0.2, 0.25) is 0 Å². The first kappa shape index (κ1) is 16.0. The van der Waals surface area contributed by atoms with E-state index in [0.717, 1.165) is 16.8 Å². The van der Waals surface area contributed by atoms with E-state index in [9.17, 15) is 4.79 Å². The van der Waals surface area contributed by atoms with Crippen LogP contribution in [0.25, 0.3) is 10.8 Å². The lowest BCUT2D eigenvalue weighted by Gasteiger charge is -2.17. The van der Waals surface area contributed by atoms with Gasteiger partial charge in [0, 0.05) is 30.5 Å². The third kappa shape index (κ3) is 4.56. The number of nitrogens with zero attached hydrogens (tertiary/aromatic N) is 1. The number of carbonyl (C=O) groups excluding carboxylic acids is 1. The van der Waals surface area contributed by atoms with Gasteiger partial charge in [-0.1, -0.05) is 6.58 Å². The second kappa shape index (κ2) is 8.14. The molecule has 1 unspecified atom stereocenters. The predicted molar refractivity (Wildman–Crippen MR) is 83.8 cm³/mol. The first-order valence-corrected chi connectivity index (χ1v) is 7.10. The average molecular weight is 301 g/mol. The lowest BCUT2D eigenvalue weighted by Crippen LogP contribution is -2.29. The van der Waals surface area contributed by atoms with Crippen LogP contribution in [-0.4, -0.2) is 36.9 Å². The molecular weight excluding hydrogens is 282 g/mol. The normalized spacial score (nSPS) is 11.9. The summed E-state index contributed by atoms with van der Waals surface area (Å²) in [5.74, 6) is 0.215. The Balaban J connectivity index is 1.99. The quantitative estimate of drug-likeness (QED) is 0.554. The molecule has 0 spiro atoms. The average Bonchev–Trinajstić information content (AvgIpc) is 2.56. The molecule has 5 nitrogen and oxygen atoms in total. The highest BCUT2D eigenvalue weighted by Gasteiger charge is 2.14. The van der Waals surface area contributed by atoms with E-state index in [2.05, 4.69) is 11.6 Å². The fraction of sp³-hybridized carbons (Fsp3) is 0.294. The minimum absolute atomic E-state index is 0.218. The number of carbonyl (C=O) groups is 1. The highest BCUT2D eigenvalue weighted by Crippen LogP contribution is 2.20. The maximum atomic E-state index is 11.3. The number of ether oxygens (including phenoxy) is 3. The Morgan fingerprint density at radius 2 is 2.18 bits per heavy atom. The van der Waals surface area contributed by atoms with Crippen molar-refractivity contribution in [2.45, 2.75) is 13.0 Å². The molecule has 0 saturated carbocycles. The van der Waals surface area contributed by atoms with Crippen LogP contribution in [0.1, 0.15) is 6.92 Å². The molecule has 0 aliphatic carbocycles. The van der Waals surface area contributed by atoms with Crippen molar-refractivity contribution < 1.29 is 19.0 Å². The van der Waals surface area contributed by atoms with Gasteiger partial charge in [-0.05, 0) is 36.6 Å². The molecule has 1 atom stereocenters. The molecule has 0 aliphatic rings. The predicted octanol–water partition coefficient (Wildman–Crippen LogP) is 2.75. The van der Waals surface area contributed by atoms with Crippen LogP contribution in [0.5, 0.6) is 5.75 Å². The van der Waals surface area contributed by atoms with Gasteiger partial charge >= 0.3 is 5.97 Å². The lowest BCUT2D eigenvalue weighted by molar-refractivity contribution is -0.147. The van der Waals surface area contributed by atoms with Crippen LogP contribution in [0.15, 0.2) is 49.3 Å². The highest BCUT2D eigenvalue weighted by atomic mass is 16.6. The van der Waals surface area contributed by atoms with Crippen LogP contribution in [0.3, 0.4) is 0 Å². The number of rotatable bonds is 8.